The summed E-state index contributed by atoms with van der Waals surface area (Å²) >= 11 is 0. The maximum absolute atomic E-state index is 12.7. The van der Waals surface area contributed by atoms with Crippen LogP contribution in [0.25, 0.3) is 0 Å². The monoisotopic (exact) mass is 791 g/mol. The van der Waals surface area contributed by atoms with Crippen LogP contribution in [0.4, 0.5) is 0 Å². The fraction of sp³-hybridized carbons (Fsp3) is 0.812. The lowest BCUT2D eigenvalue weighted by Crippen LogP contribution is -2.50. The number of nitrogens with zero attached hydrogens (tertiary/aromatic N) is 1. The number of ether oxygens (including phenoxy) is 3. The molecule has 0 radical (unpaired) electrons. The van der Waals surface area contributed by atoms with Gasteiger partial charge in [-0.15, -0.1) is 0 Å². The van der Waals surface area contributed by atoms with Gasteiger partial charge in [-0.3, -0.25) is 9.59 Å². The predicted molar refractivity (Wildman–Crippen MR) is 234 cm³/mol. The summed E-state index contributed by atoms with van der Waals surface area (Å²) in [7, 11) is 5.52. The van der Waals surface area contributed by atoms with E-state index in [4.69, 9.17) is 14.2 Å². The van der Waals surface area contributed by atoms with Crippen molar-refractivity contribution in [3.05, 3.63) is 36.5 Å². The van der Waals surface area contributed by atoms with E-state index in [-0.39, 0.29) is 36.2 Å². The van der Waals surface area contributed by atoms with Crippen molar-refractivity contribution >= 4 is 17.9 Å². The summed E-state index contributed by atoms with van der Waals surface area (Å²) in [6.07, 6.45) is 44.8. The quantitative estimate of drug-likeness (QED) is 0.0285. The topological polar surface area (TPSA) is 99.1 Å². The molecule has 2 atom stereocenters. The number of aliphatic carboxylic acids is 1. The second-order valence-corrected chi connectivity index (χ2v) is 16.6. The lowest BCUT2D eigenvalue weighted by molar-refractivity contribution is -0.887. The van der Waals surface area contributed by atoms with Crippen LogP contribution in [0.5, 0.6) is 0 Å². The Hall–Kier alpha value is -2.45. The van der Waals surface area contributed by atoms with Crippen LogP contribution in [0.3, 0.4) is 0 Å². The van der Waals surface area contributed by atoms with Crippen molar-refractivity contribution in [3.8, 4) is 0 Å². The van der Waals surface area contributed by atoms with Crippen LogP contribution >= 0.6 is 0 Å². The fourth-order valence-electron chi connectivity index (χ4n) is 6.71. The number of rotatable bonds is 41. The van der Waals surface area contributed by atoms with E-state index in [1.54, 1.807) is 0 Å². The first-order chi connectivity index (χ1) is 27.1. The summed E-state index contributed by atoms with van der Waals surface area (Å²) in [5, 5.41) is 9.62. The van der Waals surface area contributed by atoms with Crippen LogP contribution in [-0.4, -0.2) is 80.6 Å². The largest absolute Gasteiger partial charge is 0.477 e. The van der Waals surface area contributed by atoms with Gasteiger partial charge in [0.1, 0.15) is 6.61 Å². The van der Waals surface area contributed by atoms with E-state index in [9.17, 15) is 19.5 Å². The molecule has 0 saturated carbocycles. The molecule has 0 rings (SSSR count). The summed E-state index contributed by atoms with van der Waals surface area (Å²) in [6.45, 7) is 4.62. The molecule has 0 aliphatic rings. The number of carbonyl (C=O) groups excluding carboxylic acids is 2. The summed E-state index contributed by atoms with van der Waals surface area (Å²) < 4.78 is 17.3. The second-order valence-electron chi connectivity index (χ2n) is 16.6. The first-order valence-electron chi connectivity index (χ1n) is 23.0. The molecule has 0 bridgehead atoms. The van der Waals surface area contributed by atoms with Gasteiger partial charge in [-0.2, -0.15) is 0 Å². The molecule has 0 aliphatic carbocycles. The summed E-state index contributed by atoms with van der Waals surface area (Å²) in [5.41, 5.74) is 0. The van der Waals surface area contributed by atoms with Gasteiger partial charge in [0.05, 0.1) is 34.4 Å². The first kappa shape index (κ1) is 53.6. The summed E-state index contributed by atoms with van der Waals surface area (Å²) in [5.74, 6) is -1.49. The van der Waals surface area contributed by atoms with Gasteiger partial charge in [-0.1, -0.05) is 153 Å². The zero-order valence-electron chi connectivity index (χ0n) is 37.1. The van der Waals surface area contributed by atoms with Gasteiger partial charge in [0.2, 0.25) is 0 Å². The lowest BCUT2D eigenvalue weighted by atomic mass is 10.1. The Bertz CT molecular complexity index is 1020. The number of carboxylic acids is 1. The first-order valence-corrected chi connectivity index (χ1v) is 23.0. The highest BCUT2D eigenvalue weighted by molar-refractivity contribution is 5.72. The minimum atomic E-state index is -0.878. The molecule has 0 heterocycles. The van der Waals surface area contributed by atoms with Crippen LogP contribution in [0.2, 0.25) is 0 Å². The molecule has 2 unspecified atom stereocenters. The van der Waals surface area contributed by atoms with Crippen molar-refractivity contribution in [1.82, 2.24) is 0 Å². The SMILES string of the molecule is CC/C=C/C/C=C/CCCCCCCC(=O)OCC(COCCC(C(=O)O)[N+](C)(C)C)OC(=O)CCCCCCCCC/C=C/CCCCCCCCCCC. The Morgan fingerprint density at radius 3 is 1.48 bits per heavy atom. The van der Waals surface area contributed by atoms with Gasteiger partial charge in [-0.25, -0.2) is 4.79 Å². The number of allylic oxidation sites excluding steroid dienone is 6. The van der Waals surface area contributed by atoms with E-state index < -0.39 is 18.1 Å². The normalized spacial score (nSPS) is 13.2. The molecule has 0 amide bonds. The van der Waals surface area contributed by atoms with Gasteiger partial charge in [0, 0.05) is 19.3 Å². The number of hydrogen-bond donors (Lipinski definition) is 1. The highest BCUT2D eigenvalue weighted by Gasteiger charge is 2.31. The van der Waals surface area contributed by atoms with Crippen molar-refractivity contribution in [3.63, 3.8) is 0 Å². The number of quaternary nitrogens is 1. The maximum Gasteiger partial charge on any atom is 0.362 e. The average Bonchev–Trinajstić information content (AvgIpc) is 3.15. The van der Waals surface area contributed by atoms with E-state index in [0.717, 1.165) is 70.6 Å². The highest BCUT2D eigenvalue weighted by atomic mass is 16.6. The summed E-state index contributed by atoms with van der Waals surface area (Å²) in [4.78, 5) is 37.0. The minimum absolute atomic E-state index is 0.0558. The number of esters is 2. The van der Waals surface area contributed by atoms with Gasteiger partial charge < -0.3 is 23.8 Å². The van der Waals surface area contributed by atoms with Crippen LogP contribution in [0.15, 0.2) is 36.5 Å². The molecule has 56 heavy (non-hydrogen) atoms. The molecule has 8 heteroatoms. The number of carbonyl (C=O) groups is 3. The van der Waals surface area contributed by atoms with Crippen LogP contribution in [0, 0.1) is 0 Å². The Morgan fingerprint density at radius 1 is 0.554 bits per heavy atom. The van der Waals surface area contributed by atoms with Crippen molar-refractivity contribution in [2.75, 3.05) is 41.0 Å². The predicted octanol–water partition coefficient (Wildman–Crippen LogP) is 12.6. The van der Waals surface area contributed by atoms with Crippen LogP contribution in [-0.2, 0) is 28.6 Å². The molecule has 1 N–H and O–H groups in total. The third-order valence-corrected chi connectivity index (χ3v) is 10.3. The Labute approximate surface area is 344 Å². The van der Waals surface area contributed by atoms with Crippen LogP contribution < -0.4 is 0 Å². The highest BCUT2D eigenvalue weighted by Crippen LogP contribution is 2.14. The molecule has 0 fully saturated rings. The molecule has 0 aromatic heterocycles. The number of hydrogen-bond acceptors (Lipinski definition) is 6. The lowest BCUT2D eigenvalue weighted by Gasteiger charge is -2.31. The summed E-state index contributed by atoms with van der Waals surface area (Å²) in [6, 6.07) is -0.616. The minimum Gasteiger partial charge on any atom is -0.477 e. The standard InChI is InChI=1S/C48H87NO7/c1-6-8-10-12-14-16-18-20-21-22-23-24-25-26-27-29-31-33-35-37-39-47(51)56-44(42-54-41-40-45(48(52)53)49(3,4)5)43-55-46(50)38-36-34-32-30-28-19-17-15-13-11-9-7-2/h9,11,15,17,23-24,44-45H,6-8,10,12-14,16,18-22,25-43H2,1-5H3/p+1/b11-9+,17-15+,24-23+. The molecule has 0 saturated heterocycles. The molecule has 0 aromatic carbocycles. The van der Waals surface area contributed by atoms with Gasteiger partial charge in [0.25, 0.3) is 0 Å². The average molecular weight is 791 g/mol. The van der Waals surface area contributed by atoms with E-state index in [0.29, 0.717) is 19.3 Å². The van der Waals surface area contributed by atoms with Gasteiger partial charge >= 0.3 is 17.9 Å². The number of unbranched alkanes of at least 4 members (excludes halogenated alkanes) is 21. The Kier molecular flexibility index (Phi) is 37.7. The molecule has 326 valence electrons. The zero-order chi connectivity index (χ0) is 41.4. The maximum atomic E-state index is 12.7. The number of carboxylic acid groups (broad SMARTS) is 1. The van der Waals surface area contributed by atoms with Crippen molar-refractivity contribution in [2.24, 2.45) is 0 Å². The van der Waals surface area contributed by atoms with Gasteiger partial charge in [0.15, 0.2) is 12.1 Å². The molecule has 0 aromatic rings. The smallest absolute Gasteiger partial charge is 0.362 e. The second kappa shape index (κ2) is 39.4. The Balaban J connectivity index is 4.29. The fourth-order valence-corrected chi connectivity index (χ4v) is 6.71. The van der Waals surface area contributed by atoms with Crippen molar-refractivity contribution in [2.45, 2.75) is 212 Å². The zero-order valence-corrected chi connectivity index (χ0v) is 37.1. The van der Waals surface area contributed by atoms with E-state index in [2.05, 4.69) is 50.3 Å². The molecular weight excluding hydrogens is 703 g/mol. The molecule has 8 nitrogen and oxygen atoms in total. The van der Waals surface area contributed by atoms with Crippen molar-refractivity contribution in [1.29, 1.82) is 0 Å². The molecule has 0 aliphatic heterocycles. The van der Waals surface area contributed by atoms with Crippen LogP contribution in [0.1, 0.15) is 200 Å². The Morgan fingerprint density at radius 2 is 1.00 bits per heavy atom. The number of likely N-dealkylation sites (N-methyl/N-ethyl adjacent to an activating group) is 1. The van der Waals surface area contributed by atoms with Gasteiger partial charge in [-0.05, 0) is 64.2 Å². The van der Waals surface area contributed by atoms with E-state index >= 15 is 0 Å². The molecular formula is C48H88NO7+. The van der Waals surface area contributed by atoms with E-state index in [1.807, 2.05) is 21.1 Å². The van der Waals surface area contributed by atoms with Crippen molar-refractivity contribution < 1.29 is 38.2 Å². The third-order valence-electron chi connectivity index (χ3n) is 10.3. The molecule has 0 spiro atoms. The van der Waals surface area contributed by atoms with E-state index in [1.165, 1.54) is 96.3 Å². The third kappa shape index (κ3) is 37.1.